The summed E-state index contributed by atoms with van der Waals surface area (Å²) in [7, 11) is 2.00. The molecule has 2 rings (SSSR count). The number of nitrogens with one attached hydrogen (secondary N) is 1. The highest BCUT2D eigenvalue weighted by Gasteiger charge is 2.19. The molecule has 0 bridgehead atoms. The Hall–Kier alpha value is -1.39. The molecule has 0 saturated heterocycles. The standard InChI is InChI=1S/C15H19N3S/c1-11-4-6-13(7-5-11)15(16-3)12(2)19-14-10-17-8-9-18-14/h4-10,12,15-16H,1-3H3. The summed E-state index contributed by atoms with van der Waals surface area (Å²) >= 11 is 1.74. The summed E-state index contributed by atoms with van der Waals surface area (Å²) < 4.78 is 0. The van der Waals surface area contributed by atoms with E-state index in [9.17, 15) is 0 Å². The number of aromatic nitrogens is 2. The molecule has 1 aromatic heterocycles. The van der Waals surface area contributed by atoms with E-state index in [0.29, 0.717) is 11.3 Å². The van der Waals surface area contributed by atoms with Crippen LogP contribution in [0, 0.1) is 6.92 Å². The summed E-state index contributed by atoms with van der Waals surface area (Å²) in [6, 6.07) is 8.97. The van der Waals surface area contributed by atoms with E-state index < -0.39 is 0 Å². The van der Waals surface area contributed by atoms with Crippen molar-refractivity contribution >= 4 is 11.8 Å². The lowest BCUT2D eigenvalue weighted by molar-refractivity contribution is 0.588. The van der Waals surface area contributed by atoms with Crippen LogP contribution in [0.15, 0.2) is 47.9 Å². The van der Waals surface area contributed by atoms with E-state index in [4.69, 9.17) is 0 Å². The zero-order valence-electron chi connectivity index (χ0n) is 11.5. The maximum atomic E-state index is 4.32. The van der Waals surface area contributed by atoms with E-state index in [0.717, 1.165) is 5.03 Å². The first kappa shape index (κ1) is 14.0. The van der Waals surface area contributed by atoms with Crippen LogP contribution in [0.5, 0.6) is 0 Å². The molecule has 3 nitrogen and oxygen atoms in total. The monoisotopic (exact) mass is 273 g/mol. The van der Waals surface area contributed by atoms with Crippen LogP contribution in [0.3, 0.4) is 0 Å². The Morgan fingerprint density at radius 2 is 1.89 bits per heavy atom. The molecule has 0 fully saturated rings. The molecule has 0 aliphatic carbocycles. The highest BCUT2D eigenvalue weighted by molar-refractivity contribution is 7.99. The maximum absolute atomic E-state index is 4.32. The minimum absolute atomic E-state index is 0.299. The van der Waals surface area contributed by atoms with Gasteiger partial charge in [-0.15, -0.1) is 0 Å². The molecule has 2 aromatic rings. The lowest BCUT2D eigenvalue weighted by atomic mass is 10.0. The molecule has 100 valence electrons. The summed E-state index contributed by atoms with van der Waals surface area (Å²) in [6.45, 7) is 4.32. The smallest absolute Gasteiger partial charge is 0.115 e. The minimum atomic E-state index is 0.299. The zero-order chi connectivity index (χ0) is 13.7. The summed E-state index contributed by atoms with van der Waals surface area (Å²) in [6.07, 6.45) is 5.24. The first-order valence-electron chi connectivity index (χ1n) is 6.37. The number of rotatable bonds is 5. The first-order valence-corrected chi connectivity index (χ1v) is 7.25. The third-order valence-electron chi connectivity index (χ3n) is 3.06. The molecule has 19 heavy (non-hydrogen) atoms. The van der Waals surface area contributed by atoms with Crippen molar-refractivity contribution < 1.29 is 0 Å². The van der Waals surface area contributed by atoms with Gasteiger partial charge in [-0.2, -0.15) is 0 Å². The van der Waals surface area contributed by atoms with Gasteiger partial charge in [0.15, 0.2) is 0 Å². The summed E-state index contributed by atoms with van der Waals surface area (Å²) in [5.41, 5.74) is 2.59. The average molecular weight is 273 g/mol. The SMILES string of the molecule is CNC(c1ccc(C)cc1)C(C)Sc1cnccn1. The van der Waals surface area contributed by atoms with Crippen LogP contribution in [-0.2, 0) is 0 Å². The Labute approximate surface area is 118 Å². The molecule has 0 aliphatic heterocycles. The lowest BCUT2D eigenvalue weighted by Crippen LogP contribution is -2.25. The van der Waals surface area contributed by atoms with E-state index in [1.54, 1.807) is 24.2 Å². The van der Waals surface area contributed by atoms with Gasteiger partial charge in [0.1, 0.15) is 5.03 Å². The Kier molecular flexibility index (Phi) is 4.93. The van der Waals surface area contributed by atoms with Gasteiger partial charge in [0.05, 0.1) is 6.20 Å². The zero-order valence-corrected chi connectivity index (χ0v) is 12.3. The summed E-state index contributed by atoms with van der Waals surface area (Å²) in [5.74, 6) is 0. The predicted molar refractivity (Wildman–Crippen MR) is 80.3 cm³/mol. The molecule has 2 unspecified atom stereocenters. The number of benzene rings is 1. The van der Waals surface area contributed by atoms with E-state index in [1.165, 1.54) is 11.1 Å². The highest BCUT2D eigenvalue weighted by atomic mass is 32.2. The minimum Gasteiger partial charge on any atom is -0.312 e. The fourth-order valence-electron chi connectivity index (χ4n) is 2.05. The molecule has 1 aromatic carbocycles. The van der Waals surface area contributed by atoms with Crippen LogP contribution in [-0.4, -0.2) is 22.3 Å². The van der Waals surface area contributed by atoms with Gasteiger partial charge in [0, 0.05) is 23.7 Å². The largest absolute Gasteiger partial charge is 0.312 e. The van der Waals surface area contributed by atoms with Crippen LogP contribution in [0.4, 0.5) is 0 Å². The van der Waals surface area contributed by atoms with E-state index in [-0.39, 0.29) is 0 Å². The molecule has 0 spiro atoms. The quantitative estimate of drug-likeness (QED) is 0.849. The molecule has 0 aliphatic rings. The Morgan fingerprint density at radius 1 is 1.16 bits per heavy atom. The van der Waals surface area contributed by atoms with Crippen molar-refractivity contribution in [2.45, 2.75) is 30.2 Å². The molecule has 2 atom stereocenters. The Bertz CT molecular complexity index is 499. The number of nitrogens with zero attached hydrogens (tertiary/aromatic N) is 2. The van der Waals surface area contributed by atoms with Crippen molar-refractivity contribution in [3.05, 3.63) is 54.0 Å². The van der Waals surface area contributed by atoms with E-state index in [2.05, 4.69) is 53.4 Å². The summed E-state index contributed by atoms with van der Waals surface area (Å²) in [5, 5.41) is 4.73. The third kappa shape index (κ3) is 3.78. The molecule has 0 amide bonds. The Morgan fingerprint density at radius 3 is 2.47 bits per heavy atom. The lowest BCUT2D eigenvalue weighted by Gasteiger charge is -2.23. The van der Waals surface area contributed by atoms with Crippen LogP contribution in [0.25, 0.3) is 0 Å². The molecular formula is C15H19N3S. The number of hydrogen-bond acceptors (Lipinski definition) is 4. The van der Waals surface area contributed by atoms with E-state index in [1.807, 2.05) is 13.2 Å². The van der Waals surface area contributed by atoms with Crippen molar-refractivity contribution in [2.24, 2.45) is 0 Å². The molecular weight excluding hydrogens is 254 g/mol. The average Bonchev–Trinajstić information content (AvgIpc) is 2.43. The van der Waals surface area contributed by atoms with Gasteiger partial charge in [-0.25, -0.2) is 4.98 Å². The summed E-state index contributed by atoms with van der Waals surface area (Å²) in [4.78, 5) is 8.42. The van der Waals surface area contributed by atoms with E-state index >= 15 is 0 Å². The number of aryl methyl sites for hydroxylation is 1. The predicted octanol–water partition coefficient (Wildman–Crippen LogP) is 3.23. The maximum Gasteiger partial charge on any atom is 0.115 e. The second-order valence-corrected chi connectivity index (χ2v) is 5.94. The van der Waals surface area contributed by atoms with Gasteiger partial charge in [0.2, 0.25) is 0 Å². The molecule has 1 N–H and O–H groups in total. The van der Waals surface area contributed by atoms with Gasteiger partial charge in [-0.3, -0.25) is 4.98 Å². The molecule has 0 saturated carbocycles. The van der Waals surface area contributed by atoms with Gasteiger partial charge < -0.3 is 5.32 Å². The highest BCUT2D eigenvalue weighted by Crippen LogP contribution is 2.30. The van der Waals surface area contributed by atoms with Crippen LogP contribution >= 0.6 is 11.8 Å². The fraction of sp³-hybridized carbons (Fsp3) is 0.333. The molecule has 4 heteroatoms. The van der Waals surface area contributed by atoms with Crippen LogP contribution < -0.4 is 5.32 Å². The van der Waals surface area contributed by atoms with Crippen molar-refractivity contribution in [2.75, 3.05) is 7.05 Å². The number of hydrogen-bond donors (Lipinski definition) is 1. The second-order valence-electron chi connectivity index (χ2n) is 4.54. The van der Waals surface area contributed by atoms with Gasteiger partial charge in [-0.05, 0) is 19.5 Å². The fourth-order valence-corrected chi connectivity index (χ4v) is 3.10. The molecule has 0 radical (unpaired) electrons. The van der Waals surface area contributed by atoms with Crippen molar-refractivity contribution in [1.82, 2.24) is 15.3 Å². The van der Waals surface area contributed by atoms with Crippen LogP contribution in [0.2, 0.25) is 0 Å². The van der Waals surface area contributed by atoms with Crippen molar-refractivity contribution in [1.29, 1.82) is 0 Å². The molecule has 1 heterocycles. The third-order valence-corrected chi connectivity index (χ3v) is 4.16. The van der Waals surface area contributed by atoms with Gasteiger partial charge >= 0.3 is 0 Å². The van der Waals surface area contributed by atoms with Crippen molar-refractivity contribution in [3.63, 3.8) is 0 Å². The number of thioether (sulfide) groups is 1. The topological polar surface area (TPSA) is 37.8 Å². The van der Waals surface area contributed by atoms with Crippen molar-refractivity contribution in [3.8, 4) is 0 Å². The van der Waals surface area contributed by atoms with Gasteiger partial charge in [-0.1, -0.05) is 48.5 Å². The van der Waals surface area contributed by atoms with Crippen LogP contribution in [0.1, 0.15) is 24.1 Å². The Balaban J connectivity index is 2.11. The second kappa shape index (κ2) is 6.68. The first-order chi connectivity index (χ1) is 9.20. The normalized spacial score (nSPS) is 14.1. The van der Waals surface area contributed by atoms with Gasteiger partial charge in [0.25, 0.3) is 0 Å².